The third-order valence-electron chi connectivity index (χ3n) is 5.90. The monoisotopic (exact) mass is 450 g/mol. The van der Waals surface area contributed by atoms with E-state index in [4.69, 9.17) is 9.72 Å². The standard InChI is InChI=1S/C25H24F2N4O2/c1-2-33-23-11-17(21-7-3-5-18(29-21)9-16-12-25(26,27)13-16)10-22-20(23)14-28-31(22)24-8-4-6-19(15-32)30-24/h3-8,10-11,14,16,32H,2,9,12-13,15H2,1H3. The molecule has 33 heavy (non-hydrogen) atoms. The molecule has 0 saturated heterocycles. The second-order valence-electron chi connectivity index (χ2n) is 8.39. The van der Waals surface area contributed by atoms with Crippen LogP contribution in [0.1, 0.15) is 31.2 Å². The minimum atomic E-state index is -2.53. The van der Waals surface area contributed by atoms with Crippen LogP contribution in [0.5, 0.6) is 5.75 Å². The van der Waals surface area contributed by atoms with Crippen LogP contribution in [0.3, 0.4) is 0 Å². The van der Waals surface area contributed by atoms with E-state index in [2.05, 4.69) is 10.1 Å². The second-order valence-corrected chi connectivity index (χ2v) is 8.39. The van der Waals surface area contributed by atoms with Crippen molar-refractivity contribution >= 4 is 10.9 Å². The lowest BCUT2D eigenvalue weighted by molar-refractivity contribution is -0.109. The highest BCUT2D eigenvalue weighted by molar-refractivity contribution is 5.90. The highest BCUT2D eigenvalue weighted by atomic mass is 19.3. The predicted octanol–water partition coefficient (Wildman–Crippen LogP) is 4.96. The largest absolute Gasteiger partial charge is 0.493 e. The van der Waals surface area contributed by atoms with E-state index in [0.717, 1.165) is 27.9 Å². The molecule has 170 valence electrons. The van der Waals surface area contributed by atoms with Gasteiger partial charge in [-0.2, -0.15) is 5.10 Å². The van der Waals surface area contributed by atoms with Crippen molar-refractivity contribution in [2.75, 3.05) is 6.61 Å². The van der Waals surface area contributed by atoms with Crippen LogP contribution >= 0.6 is 0 Å². The molecule has 1 aromatic carbocycles. The van der Waals surface area contributed by atoms with E-state index < -0.39 is 5.92 Å². The summed E-state index contributed by atoms with van der Waals surface area (Å²) in [6.45, 7) is 2.25. The van der Waals surface area contributed by atoms with Crippen LogP contribution in [0.15, 0.2) is 54.7 Å². The number of benzene rings is 1. The van der Waals surface area contributed by atoms with Crippen molar-refractivity contribution in [2.45, 2.75) is 38.7 Å². The molecule has 6 nitrogen and oxygen atoms in total. The maximum Gasteiger partial charge on any atom is 0.248 e. The molecule has 5 rings (SSSR count). The molecule has 0 atom stereocenters. The first-order valence-corrected chi connectivity index (χ1v) is 11.0. The second kappa shape index (κ2) is 8.51. The topological polar surface area (TPSA) is 73.1 Å². The summed E-state index contributed by atoms with van der Waals surface area (Å²) in [6.07, 6.45) is 2.13. The minimum absolute atomic E-state index is 0.0319. The van der Waals surface area contributed by atoms with Gasteiger partial charge >= 0.3 is 0 Å². The van der Waals surface area contributed by atoms with Gasteiger partial charge in [0.2, 0.25) is 5.92 Å². The number of halogens is 2. The number of hydrogen-bond acceptors (Lipinski definition) is 5. The molecule has 0 spiro atoms. The number of alkyl halides is 2. The van der Waals surface area contributed by atoms with Crippen LogP contribution in [0.25, 0.3) is 28.0 Å². The Morgan fingerprint density at radius 1 is 1.09 bits per heavy atom. The van der Waals surface area contributed by atoms with Crippen molar-refractivity contribution in [3.8, 4) is 22.8 Å². The SMILES string of the molecule is CCOc1cc(-c2cccc(CC3CC(F)(F)C3)n2)cc2c1cnn2-c1cccc(CO)n1. The number of ether oxygens (including phenoxy) is 1. The summed E-state index contributed by atoms with van der Waals surface area (Å²) in [4.78, 5) is 9.22. The molecule has 1 aliphatic carbocycles. The number of hydrogen-bond donors (Lipinski definition) is 1. The van der Waals surface area contributed by atoms with Gasteiger partial charge in [0.1, 0.15) is 5.75 Å². The molecule has 0 bridgehead atoms. The number of aromatic nitrogens is 4. The summed E-state index contributed by atoms with van der Waals surface area (Å²) in [7, 11) is 0. The minimum Gasteiger partial charge on any atom is -0.493 e. The molecule has 3 heterocycles. The maximum absolute atomic E-state index is 13.2. The number of aliphatic hydroxyl groups is 1. The van der Waals surface area contributed by atoms with Crippen LogP contribution < -0.4 is 4.74 Å². The van der Waals surface area contributed by atoms with Gasteiger partial charge in [0, 0.05) is 24.1 Å². The summed E-state index contributed by atoms with van der Waals surface area (Å²) in [5.74, 6) is -1.29. The Morgan fingerprint density at radius 2 is 1.88 bits per heavy atom. The van der Waals surface area contributed by atoms with Crippen molar-refractivity contribution in [2.24, 2.45) is 5.92 Å². The Labute approximate surface area is 189 Å². The lowest BCUT2D eigenvalue weighted by Crippen LogP contribution is -2.36. The van der Waals surface area contributed by atoms with Gasteiger partial charge in [0.25, 0.3) is 0 Å². The van der Waals surface area contributed by atoms with Crippen LogP contribution in [0.4, 0.5) is 8.78 Å². The molecule has 0 amide bonds. The zero-order valence-electron chi connectivity index (χ0n) is 18.2. The van der Waals surface area contributed by atoms with Crippen LogP contribution in [-0.4, -0.2) is 37.4 Å². The molecule has 1 N–H and O–H groups in total. The van der Waals surface area contributed by atoms with E-state index in [1.165, 1.54) is 0 Å². The fourth-order valence-electron chi connectivity index (χ4n) is 4.35. The zero-order valence-corrected chi connectivity index (χ0v) is 18.2. The van der Waals surface area contributed by atoms with Crippen LogP contribution in [0, 0.1) is 5.92 Å². The Hall–Kier alpha value is -3.39. The van der Waals surface area contributed by atoms with Gasteiger partial charge < -0.3 is 9.84 Å². The zero-order chi connectivity index (χ0) is 23.0. The van der Waals surface area contributed by atoms with E-state index in [1.807, 2.05) is 49.4 Å². The van der Waals surface area contributed by atoms with Gasteiger partial charge in [0.05, 0.1) is 41.7 Å². The smallest absolute Gasteiger partial charge is 0.248 e. The van der Waals surface area contributed by atoms with Crippen molar-refractivity contribution in [1.29, 1.82) is 0 Å². The molecule has 1 aliphatic rings. The molecular formula is C25H24F2N4O2. The summed E-state index contributed by atoms with van der Waals surface area (Å²) in [6, 6.07) is 15.0. The van der Waals surface area contributed by atoms with Crippen molar-refractivity contribution < 1.29 is 18.6 Å². The van der Waals surface area contributed by atoms with Gasteiger partial charge in [-0.05, 0) is 55.7 Å². The molecule has 8 heteroatoms. The van der Waals surface area contributed by atoms with Gasteiger partial charge in [-0.25, -0.2) is 18.4 Å². The Bertz CT molecular complexity index is 1300. The average Bonchev–Trinajstić information content (AvgIpc) is 3.23. The molecule has 1 fully saturated rings. The molecule has 4 aromatic rings. The lowest BCUT2D eigenvalue weighted by Gasteiger charge is -2.34. The molecular weight excluding hydrogens is 426 g/mol. The van der Waals surface area contributed by atoms with E-state index in [-0.39, 0.29) is 25.4 Å². The van der Waals surface area contributed by atoms with Gasteiger partial charge in [-0.1, -0.05) is 12.1 Å². The van der Waals surface area contributed by atoms with Gasteiger partial charge in [-0.3, -0.25) is 4.98 Å². The van der Waals surface area contributed by atoms with Crippen LogP contribution in [-0.2, 0) is 13.0 Å². The highest BCUT2D eigenvalue weighted by Crippen LogP contribution is 2.43. The number of pyridine rings is 2. The molecule has 0 radical (unpaired) electrons. The molecule has 1 saturated carbocycles. The van der Waals surface area contributed by atoms with Crippen molar-refractivity contribution in [1.82, 2.24) is 19.7 Å². The summed E-state index contributed by atoms with van der Waals surface area (Å²) in [5, 5.41) is 14.8. The third kappa shape index (κ3) is 4.30. The van der Waals surface area contributed by atoms with Crippen LogP contribution in [0.2, 0.25) is 0 Å². The van der Waals surface area contributed by atoms with E-state index in [9.17, 15) is 13.9 Å². The third-order valence-corrected chi connectivity index (χ3v) is 5.90. The Balaban J connectivity index is 1.55. The first-order valence-electron chi connectivity index (χ1n) is 11.0. The normalized spacial score (nSPS) is 15.5. The first kappa shape index (κ1) is 21.5. The maximum atomic E-state index is 13.2. The van der Waals surface area contributed by atoms with E-state index >= 15 is 0 Å². The quantitative estimate of drug-likeness (QED) is 0.431. The molecule has 0 unspecified atom stereocenters. The Morgan fingerprint density at radius 3 is 2.64 bits per heavy atom. The summed E-state index contributed by atoms with van der Waals surface area (Å²) >= 11 is 0. The van der Waals surface area contributed by atoms with E-state index in [1.54, 1.807) is 16.9 Å². The number of nitrogens with zero attached hydrogens (tertiary/aromatic N) is 4. The van der Waals surface area contributed by atoms with E-state index in [0.29, 0.717) is 30.3 Å². The summed E-state index contributed by atoms with van der Waals surface area (Å²) < 4.78 is 34.1. The number of fused-ring (bicyclic) bond motifs is 1. The fraction of sp³-hybridized carbons (Fsp3) is 0.320. The lowest BCUT2D eigenvalue weighted by atomic mass is 9.78. The van der Waals surface area contributed by atoms with Crippen molar-refractivity contribution in [3.63, 3.8) is 0 Å². The van der Waals surface area contributed by atoms with Crippen molar-refractivity contribution in [3.05, 3.63) is 66.1 Å². The molecule has 0 aliphatic heterocycles. The number of aliphatic hydroxyl groups excluding tert-OH is 1. The average molecular weight is 450 g/mol. The number of rotatable bonds is 7. The first-order chi connectivity index (χ1) is 16.0. The summed E-state index contributed by atoms with van der Waals surface area (Å²) in [5.41, 5.74) is 3.73. The van der Waals surface area contributed by atoms with Gasteiger partial charge in [-0.15, -0.1) is 0 Å². The predicted molar refractivity (Wildman–Crippen MR) is 121 cm³/mol. The molecule has 3 aromatic heterocycles. The van der Waals surface area contributed by atoms with Gasteiger partial charge in [0.15, 0.2) is 5.82 Å². The Kier molecular flexibility index (Phi) is 5.54. The fourth-order valence-corrected chi connectivity index (χ4v) is 4.35. The highest BCUT2D eigenvalue weighted by Gasteiger charge is 2.45.